The van der Waals surface area contributed by atoms with E-state index in [1.54, 1.807) is 61.5 Å². The van der Waals surface area contributed by atoms with Crippen molar-refractivity contribution in [3.05, 3.63) is 129 Å². The van der Waals surface area contributed by atoms with Gasteiger partial charge in [-0.1, -0.05) is 109 Å². The molecule has 46 heavy (non-hydrogen) atoms. The SMILES string of the molecule is Cc1c(Cl)cccc1N(CC(=O)N(Cc1c(Cl)cccc1Cl)[C@H](Cc1ccccc1)C(=O)NCC(C)C)S(=O)(=O)c1ccccc1. The van der Waals surface area contributed by atoms with E-state index >= 15 is 0 Å². The summed E-state index contributed by atoms with van der Waals surface area (Å²) in [6, 6.07) is 26.0. The number of nitrogens with one attached hydrogen (secondary N) is 1. The molecule has 0 fully saturated rings. The first kappa shape index (κ1) is 35.3. The van der Waals surface area contributed by atoms with Gasteiger partial charge in [0.1, 0.15) is 12.6 Å². The molecule has 0 radical (unpaired) electrons. The van der Waals surface area contributed by atoms with Crippen molar-refractivity contribution in [2.45, 2.75) is 44.7 Å². The van der Waals surface area contributed by atoms with Gasteiger partial charge in [-0.05, 0) is 60.4 Å². The van der Waals surface area contributed by atoms with Gasteiger partial charge in [-0.2, -0.15) is 0 Å². The van der Waals surface area contributed by atoms with Gasteiger partial charge >= 0.3 is 0 Å². The van der Waals surface area contributed by atoms with Crippen LogP contribution in [0, 0.1) is 12.8 Å². The minimum absolute atomic E-state index is 0.00149. The highest BCUT2D eigenvalue weighted by Gasteiger charge is 2.35. The van der Waals surface area contributed by atoms with Gasteiger partial charge in [-0.3, -0.25) is 13.9 Å². The maximum Gasteiger partial charge on any atom is 0.264 e. The molecule has 4 aromatic carbocycles. The Morgan fingerprint density at radius 1 is 0.783 bits per heavy atom. The number of halogens is 3. The van der Waals surface area contributed by atoms with E-state index in [0.29, 0.717) is 32.7 Å². The zero-order valence-corrected chi connectivity index (χ0v) is 28.9. The lowest BCUT2D eigenvalue weighted by molar-refractivity contribution is -0.140. The van der Waals surface area contributed by atoms with Gasteiger partial charge in [0.2, 0.25) is 11.8 Å². The zero-order valence-electron chi connectivity index (χ0n) is 25.8. The van der Waals surface area contributed by atoms with Crippen molar-refractivity contribution in [1.29, 1.82) is 0 Å². The third kappa shape index (κ3) is 8.62. The molecule has 0 spiro atoms. The summed E-state index contributed by atoms with van der Waals surface area (Å²) in [5, 5.41) is 3.92. The minimum atomic E-state index is -4.26. The van der Waals surface area contributed by atoms with Gasteiger partial charge in [0.05, 0.1) is 10.6 Å². The van der Waals surface area contributed by atoms with Crippen molar-refractivity contribution in [3.8, 4) is 0 Å². The van der Waals surface area contributed by atoms with Crippen molar-refractivity contribution in [1.82, 2.24) is 10.2 Å². The Morgan fingerprint density at radius 3 is 1.96 bits per heavy atom. The lowest BCUT2D eigenvalue weighted by Gasteiger charge is -2.34. The molecule has 0 unspecified atom stereocenters. The average molecular weight is 701 g/mol. The smallest absolute Gasteiger partial charge is 0.264 e. The van der Waals surface area contributed by atoms with Crippen LogP contribution in [0.2, 0.25) is 15.1 Å². The van der Waals surface area contributed by atoms with Crippen LogP contribution in [-0.2, 0) is 32.6 Å². The average Bonchev–Trinajstić information content (AvgIpc) is 3.03. The Balaban J connectivity index is 1.86. The molecule has 7 nitrogen and oxygen atoms in total. The summed E-state index contributed by atoms with van der Waals surface area (Å²) in [6.07, 6.45) is 0.167. The van der Waals surface area contributed by atoms with E-state index in [0.717, 1.165) is 9.87 Å². The molecular formula is C35H36Cl3N3O4S. The zero-order chi connectivity index (χ0) is 33.4. The number of hydrogen-bond acceptors (Lipinski definition) is 4. The predicted octanol–water partition coefficient (Wildman–Crippen LogP) is 7.56. The van der Waals surface area contributed by atoms with Crippen LogP contribution in [-0.4, -0.2) is 44.3 Å². The fourth-order valence-corrected chi connectivity index (χ4v) is 7.11. The summed E-state index contributed by atoms with van der Waals surface area (Å²) >= 11 is 19.6. The largest absolute Gasteiger partial charge is 0.354 e. The highest BCUT2D eigenvalue weighted by atomic mass is 35.5. The Kier molecular flexibility index (Phi) is 12.1. The lowest BCUT2D eigenvalue weighted by atomic mass is 10.0. The number of sulfonamides is 1. The third-order valence-corrected chi connectivity index (χ3v) is 10.4. The summed E-state index contributed by atoms with van der Waals surface area (Å²) < 4.78 is 29.4. The van der Waals surface area contributed by atoms with Gasteiger partial charge in [0.15, 0.2) is 0 Å². The van der Waals surface area contributed by atoms with Gasteiger partial charge in [-0.15, -0.1) is 0 Å². The second-order valence-electron chi connectivity index (χ2n) is 11.3. The molecule has 0 saturated heterocycles. The maximum absolute atomic E-state index is 14.6. The fourth-order valence-electron chi connectivity index (χ4n) is 4.93. The summed E-state index contributed by atoms with van der Waals surface area (Å²) in [5.74, 6) is -0.859. The van der Waals surface area contributed by atoms with Gasteiger partial charge < -0.3 is 10.2 Å². The Hall–Kier alpha value is -3.56. The first-order valence-corrected chi connectivity index (χ1v) is 17.3. The van der Waals surface area contributed by atoms with Gasteiger partial charge in [0, 0.05) is 40.1 Å². The van der Waals surface area contributed by atoms with E-state index in [1.165, 1.54) is 17.0 Å². The molecular weight excluding hydrogens is 665 g/mol. The fraction of sp³-hybridized carbons (Fsp3) is 0.257. The third-order valence-electron chi connectivity index (χ3n) is 7.46. The monoisotopic (exact) mass is 699 g/mol. The van der Waals surface area contributed by atoms with Crippen LogP contribution in [0.5, 0.6) is 0 Å². The van der Waals surface area contributed by atoms with Crippen molar-refractivity contribution in [2.75, 3.05) is 17.4 Å². The second kappa shape index (κ2) is 15.8. The van der Waals surface area contributed by atoms with Crippen molar-refractivity contribution >= 4 is 62.3 Å². The van der Waals surface area contributed by atoms with E-state index in [4.69, 9.17) is 34.8 Å². The van der Waals surface area contributed by atoms with Crippen LogP contribution in [0.4, 0.5) is 5.69 Å². The number of nitrogens with zero attached hydrogens (tertiary/aromatic N) is 2. The number of benzene rings is 4. The van der Waals surface area contributed by atoms with E-state index < -0.39 is 28.5 Å². The molecule has 4 rings (SSSR count). The Bertz CT molecular complexity index is 1750. The Morgan fingerprint density at radius 2 is 1.35 bits per heavy atom. The topological polar surface area (TPSA) is 86.8 Å². The molecule has 0 saturated carbocycles. The number of hydrogen-bond donors (Lipinski definition) is 1. The summed E-state index contributed by atoms with van der Waals surface area (Å²) in [7, 11) is -4.26. The highest BCUT2D eigenvalue weighted by molar-refractivity contribution is 7.92. The molecule has 0 aliphatic rings. The molecule has 11 heteroatoms. The van der Waals surface area contributed by atoms with Gasteiger partial charge in [-0.25, -0.2) is 8.42 Å². The number of carbonyl (C=O) groups is 2. The maximum atomic E-state index is 14.6. The van der Waals surface area contributed by atoms with Crippen LogP contribution in [0.25, 0.3) is 0 Å². The summed E-state index contributed by atoms with van der Waals surface area (Å²) in [6.45, 7) is 5.25. The summed E-state index contributed by atoms with van der Waals surface area (Å²) in [5.41, 5.74) is 1.97. The van der Waals surface area contributed by atoms with Crippen LogP contribution < -0.4 is 9.62 Å². The summed E-state index contributed by atoms with van der Waals surface area (Å²) in [4.78, 5) is 29.9. The van der Waals surface area contributed by atoms with Crippen LogP contribution >= 0.6 is 34.8 Å². The molecule has 1 N–H and O–H groups in total. The molecule has 0 aromatic heterocycles. The molecule has 1 atom stereocenters. The number of anilines is 1. The molecule has 0 bridgehead atoms. The normalized spacial score (nSPS) is 12.1. The van der Waals surface area contributed by atoms with Crippen molar-refractivity contribution in [3.63, 3.8) is 0 Å². The number of carbonyl (C=O) groups excluding carboxylic acids is 2. The molecule has 0 aliphatic heterocycles. The second-order valence-corrected chi connectivity index (χ2v) is 14.4. The minimum Gasteiger partial charge on any atom is -0.354 e. The number of rotatable bonds is 13. The van der Waals surface area contributed by atoms with Crippen LogP contribution in [0.3, 0.4) is 0 Å². The first-order valence-electron chi connectivity index (χ1n) is 14.8. The van der Waals surface area contributed by atoms with E-state index in [-0.39, 0.29) is 35.4 Å². The molecule has 4 aromatic rings. The van der Waals surface area contributed by atoms with E-state index in [2.05, 4.69) is 5.32 Å². The molecule has 2 amide bonds. The lowest BCUT2D eigenvalue weighted by Crippen LogP contribution is -2.54. The highest BCUT2D eigenvalue weighted by Crippen LogP contribution is 2.32. The molecule has 0 heterocycles. The van der Waals surface area contributed by atoms with Gasteiger partial charge in [0.25, 0.3) is 10.0 Å². The van der Waals surface area contributed by atoms with Crippen LogP contribution in [0.15, 0.2) is 102 Å². The standard InChI is InChI=1S/C35H36Cl3N3O4S/c1-24(2)21-39-35(43)33(20-26-12-6-4-7-13-26)40(22-28-30(37)17-10-18-31(28)38)34(42)23-41(32-19-11-16-29(36)25(32)3)46(44,45)27-14-8-5-9-15-27/h4-19,24,33H,20-23H2,1-3H3,(H,39,43)/t33-/m1/s1. The quantitative estimate of drug-likeness (QED) is 0.156. The molecule has 242 valence electrons. The van der Waals surface area contributed by atoms with Crippen molar-refractivity contribution in [2.24, 2.45) is 5.92 Å². The predicted molar refractivity (Wildman–Crippen MR) is 186 cm³/mol. The van der Waals surface area contributed by atoms with E-state index in [1.807, 2.05) is 44.2 Å². The number of amides is 2. The molecule has 0 aliphatic carbocycles. The Labute approximate surface area is 286 Å². The van der Waals surface area contributed by atoms with E-state index in [9.17, 15) is 18.0 Å². The van der Waals surface area contributed by atoms with Crippen molar-refractivity contribution < 1.29 is 18.0 Å². The first-order chi connectivity index (χ1) is 21.9. The van der Waals surface area contributed by atoms with Crippen LogP contribution in [0.1, 0.15) is 30.5 Å².